The summed E-state index contributed by atoms with van der Waals surface area (Å²) in [4.78, 5) is 11.7. The van der Waals surface area contributed by atoms with Crippen LogP contribution in [0.5, 0.6) is 0 Å². The predicted molar refractivity (Wildman–Crippen MR) is 87.6 cm³/mol. The predicted octanol–water partition coefficient (Wildman–Crippen LogP) is 2.75. The van der Waals surface area contributed by atoms with Gasteiger partial charge in [-0.25, -0.2) is 13.2 Å². The maximum absolute atomic E-state index is 13.1. The highest BCUT2D eigenvalue weighted by atomic mass is 32.2. The van der Waals surface area contributed by atoms with Gasteiger partial charge in [0.05, 0.1) is 16.1 Å². The Hall–Kier alpha value is -2.34. The van der Waals surface area contributed by atoms with E-state index >= 15 is 0 Å². The molecule has 0 bridgehead atoms. The van der Waals surface area contributed by atoms with Crippen LogP contribution in [0.3, 0.4) is 0 Å². The molecule has 0 radical (unpaired) electrons. The van der Waals surface area contributed by atoms with Crippen molar-refractivity contribution in [2.24, 2.45) is 0 Å². The first-order valence-electron chi connectivity index (χ1n) is 7.27. The summed E-state index contributed by atoms with van der Waals surface area (Å²) < 4.78 is 27.4. The Labute approximate surface area is 135 Å². The molecule has 120 valence electrons. The van der Waals surface area contributed by atoms with Gasteiger partial charge in [0.2, 0.25) is 0 Å². The number of carboxylic acid groups (broad SMARTS) is 1. The molecule has 2 aromatic carbocycles. The van der Waals surface area contributed by atoms with Crippen molar-refractivity contribution in [1.82, 2.24) is 0 Å². The SMILES string of the molecule is Cc1ccc(C)c(S(=O)(=O)N2CCc3cccc(C(=O)O)c32)c1. The first-order chi connectivity index (χ1) is 10.8. The number of fused-ring (bicyclic) bond motifs is 1. The number of para-hydroxylation sites is 1. The van der Waals surface area contributed by atoms with Crippen LogP contribution in [0.25, 0.3) is 0 Å². The van der Waals surface area contributed by atoms with E-state index in [9.17, 15) is 18.3 Å². The molecule has 1 N–H and O–H groups in total. The van der Waals surface area contributed by atoms with Gasteiger partial charge < -0.3 is 5.11 Å². The van der Waals surface area contributed by atoms with Gasteiger partial charge in [0.1, 0.15) is 0 Å². The molecule has 5 nitrogen and oxygen atoms in total. The summed E-state index contributed by atoms with van der Waals surface area (Å²) in [6, 6.07) is 10.1. The molecule has 6 heteroatoms. The van der Waals surface area contributed by atoms with E-state index in [1.165, 1.54) is 10.4 Å². The van der Waals surface area contributed by atoms with E-state index in [0.717, 1.165) is 11.1 Å². The topological polar surface area (TPSA) is 74.7 Å². The van der Waals surface area contributed by atoms with Crippen LogP contribution in [-0.4, -0.2) is 26.0 Å². The fraction of sp³-hybridized carbons (Fsp3) is 0.235. The lowest BCUT2D eigenvalue weighted by Crippen LogP contribution is -2.30. The molecule has 0 fully saturated rings. The third-order valence-electron chi connectivity index (χ3n) is 4.10. The van der Waals surface area contributed by atoms with E-state index in [2.05, 4.69) is 0 Å². The van der Waals surface area contributed by atoms with Crippen molar-refractivity contribution in [3.63, 3.8) is 0 Å². The zero-order valence-corrected chi connectivity index (χ0v) is 13.7. The molecule has 2 aromatic rings. The largest absolute Gasteiger partial charge is 0.478 e. The summed E-state index contributed by atoms with van der Waals surface area (Å²) in [5.74, 6) is -1.12. The van der Waals surface area contributed by atoms with Crippen molar-refractivity contribution in [1.29, 1.82) is 0 Å². The standard InChI is InChI=1S/C17H17NO4S/c1-11-6-7-12(2)15(10-11)23(21,22)18-9-8-13-4-3-5-14(16(13)18)17(19)20/h3-7,10H,8-9H2,1-2H3,(H,19,20). The van der Waals surface area contributed by atoms with Crippen LogP contribution >= 0.6 is 0 Å². The van der Waals surface area contributed by atoms with Gasteiger partial charge in [-0.15, -0.1) is 0 Å². The van der Waals surface area contributed by atoms with Crippen LogP contribution in [0, 0.1) is 13.8 Å². The lowest BCUT2D eigenvalue weighted by atomic mass is 10.1. The molecule has 0 amide bonds. The van der Waals surface area contributed by atoms with Crippen molar-refractivity contribution in [3.05, 3.63) is 58.7 Å². The zero-order chi connectivity index (χ0) is 16.8. The number of benzene rings is 2. The molecule has 1 heterocycles. The molecule has 23 heavy (non-hydrogen) atoms. The van der Waals surface area contributed by atoms with E-state index < -0.39 is 16.0 Å². The van der Waals surface area contributed by atoms with Crippen LogP contribution in [0.1, 0.15) is 27.0 Å². The van der Waals surface area contributed by atoms with E-state index in [1.54, 1.807) is 31.2 Å². The summed E-state index contributed by atoms with van der Waals surface area (Å²) in [6.07, 6.45) is 0.514. The minimum absolute atomic E-state index is 0.0221. The third-order valence-corrected chi connectivity index (χ3v) is 6.04. The van der Waals surface area contributed by atoms with Gasteiger partial charge in [0.25, 0.3) is 10.0 Å². The Morgan fingerprint density at radius 2 is 1.91 bits per heavy atom. The Balaban J connectivity index is 2.19. The van der Waals surface area contributed by atoms with Crippen molar-refractivity contribution < 1.29 is 18.3 Å². The maximum Gasteiger partial charge on any atom is 0.337 e. The monoisotopic (exact) mass is 331 g/mol. The fourth-order valence-electron chi connectivity index (χ4n) is 2.94. The van der Waals surface area contributed by atoms with Gasteiger partial charge in [-0.2, -0.15) is 0 Å². The first-order valence-corrected chi connectivity index (χ1v) is 8.71. The molecular formula is C17H17NO4S. The highest BCUT2D eigenvalue weighted by Gasteiger charge is 2.34. The molecule has 3 rings (SSSR count). The average molecular weight is 331 g/mol. The number of rotatable bonds is 3. The second-order valence-corrected chi connectivity index (χ2v) is 7.55. The normalized spacial score (nSPS) is 13.9. The van der Waals surface area contributed by atoms with E-state index in [0.29, 0.717) is 17.7 Å². The number of carboxylic acids is 1. The highest BCUT2D eigenvalue weighted by molar-refractivity contribution is 7.93. The van der Waals surface area contributed by atoms with Crippen LogP contribution in [0.15, 0.2) is 41.3 Å². The summed E-state index contributed by atoms with van der Waals surface area (Å²) in [5.41, 5.74) is 2.56. The summed E-state index contributed by atoms with van der Waals surface area (Å²) in [6.45, 7) is 3.83. The van der Waals surface area contributed by atoms with Crippen LogP contribution < -0.4 is 4.31 Å². The average Bonchev–Trinajstić information content (AvgIpc) is 2.94. The lowest BCUT2D eigenvalue weighted by molar-refractivity contribution is 0.0698. The number of nitrogens with zero attached hydrogens (tertiary/aromatic N) is 1. The molecule has 1 aliphatic heterocycles. The molecule has 0 saturated heterocycles. The number of sulfonamides is 1. The van der Waals surface area contributed by atoms with Gasteiger partial charge in [-0.05, 0) is 49.1 Å². The molecule has 0 aromatic heterocycles. The lowest BCUT2D eigenvalue weighted by Gasteiger charge is -2.22. The van der Waals surface area contributed by atoms with E-state index in [1.807, 2.05) is 13.0 Å². The first kappa shape index (κ1) is 15.6. The second-order valence-electron chi connectivity index (χ2n) is 5.71. The van der Waals surface area contributed by atoms with Crippen molar-refractivity contribution in [3.8, 4) is 0 Å². The van der Waals surface area contributed by atoms with E-state index in [4.69, 9.17) is 0 Å². The Morgan fingerprint density at radius 3 is 2.61 bits per heavy atom. The summed E-state index contributed by atoms with van der Waals surface area (Å²) in [5, 5.41) is 9.38. The zero-order valence-electron chi connectivity index (χ0n) is 12.9. The molecule has 0 unspecified atom stereocenters. The third kappa shape index (κ3) is 2.49. The number of hydrogen-bond donors (Lipinski definition) is 1. The summed E-state index contributed by atoms with van der Waals surface area (Å²) >= 11 is 0. The van der Waals surface area contributed by atoms with Gasteiger partial charge in [-0.3, -0.25) is 4.31 Å². The number of hydrogen-bond acceptors (Lipinski definition) is 3. The van der Waals surface area contributed by atoms with Crippen molar-refractivity contribution in [2.75, 3.05) is 10.8 Å². The molecular weight excluding hydrogens is 314 g/mol. The Bertz CT molecular complexity index is 903. The molecule has 1 aliphatic rings. The molecule has 0 saturated carbocycles. The minimum atomic E-state index is -3.79. The van der Waals surface area contributed by atoms with Crippen molar-refractivity contribution in [2.45, 2.75) is 25.2 Å². The smallest absolute Gasteiger partial charge is 0.337 e. The molecule has 0 aliphatic carbocycles. The Morgan fingerprint density at radius 1 is 1.17 bits per heavy atom. The fourth-order valence-corrected chi connectivity index (χ4v) is 4.77. The number of carbonyl (C=O) groups is 1. The molecule has 0 atom stereocenters. The van der Waals surface area contributed by atoms with Gasteiger partial charge >= 0.3 is 5.97 Å². The molecule has 0 spiro atoms. The van der Waals surface area contributed by atoms with Crippen LogP contribution in [-0.2, 0) is 16.4 Å². The van der Waals surface area contributed by atoms with Crippen LogP contribution in [0.4, 0.5) is 5.69 Å². The van der Waals surface area contributed by atoms with Gasteiger partial charge in [0, 0.05) is 6.54 Å². The van der Waals surface area contributed by atoms with Gasteiger partial charge in [-0.1, -0.05) is 24.3 Å². The number of aromatic carboxylic acids is 1. The minimum Gasteiger partial charge on any atom is -0.478 e. The van der Waals surface area contributed by atoms with E-state index in [-0.39, 0.29) is 17.0 Å². The second kappa shape index (κ2) is 5.38. The number of anilines is 1. The summed E-state index contributed by atoms with van der Waals surface area (Å²) in [7, 11) is -3.79. The Kier molecular flexibility index (Phi) is 3.64. The van der Waals surface area contributed by atoms with Crippen molar-refractivity contribution >= 4 is 21.7 Å². The highest BCUT2D eigenvalue weighted by Crippen LogP contribution is 2.36. The maximum atomic E-state index is 13.1. The van der Waals surface area contributed by atoms with Crippen LogP contribution in [0.2, 0.25) is 0 Å². The van der Waals surface area contributed by atoms with Gasteiger partial charge in [0.15, 0.2) is 0 Å². The quantitative estimate of drug-likeness (QED) is 0.938. The number of aryl methyl sites for hydroxylation is 2.